The molecule has 1 N–H and O–H groups in total. The molecule has 1 amide bonds. The maximum atomic E-state index is 12.7. The van der Waals surface area contributed by atoms with E-state index < -0.39 is 18.1 Å². The highest BCUT2D eigenvalue weighted by Gasteiger charge is 2.44. The maximum absolute atomic E-state index is 12.7. The molecular formula is C31H28F3N9O4. The van der Waals surface area contributed by atoms with E-state index in [2.05, 4.69) is 30.0 Å². The fourth-order valence-corrected chi connectivity index (χ4v) is 5.50. The number of anilines is 2. The van der Waals surface area contributed by atoms with Gasteiger partial charge in [-0.3, -0.25) is 9.20 Å². The summed E-state index contributed by atoms with van der Waals surface area (Å²) in [5.41, 5.74) is 3.18. The van der Waals surface area contributed by atoms with E-state index in [4.69, 9.17) is 9.72 Å². The van der Waals surface area contributed by atoms with Gasteiger partial charge in [-0.1, -0.05) is 18.2 Å². The molecule has 7 rings (SSSR count). The van der Waals surface area contributed by atoms with Crippen LogP contribution in [0.3, 0.4) is 0 Å². The lowest BCUT2D eigenvalue weighted by Gasteiger charge is -2.33. The van der Waals surface area contributed by atoms with E-state index in [1.165, 1.54) is 0 Å². The zero-order valence-corrected chi connectivity index (χ0v) is 24.9. The number of rotatable bonds is 7. The van der Waals surface area contributed by atoms with Crippen molar-refractivity contribution in [2.24, 2.45) is 0 Å². The topological polar surface area (TPSA) is 130 Å². The first kappa shape index (κ1) is 30.2. The van der Waals surface area contributed by atoms with Crippen molar-refractivity contribution in [3.8, 4) is 17.1 Å². The number of benzene rings is 1. The first-order valence-electron chi connectivity index (χ1n) is 14.8. The molecule has 0 bridgehead atoms. The predicted molar refractivity (Wildman–Crippen MR) is 163 cm³/mol. The smallest absolute Gasteiger partial charge is 0.471 e. The molecule has 5 aromatic rings. The number of carbonyl (C=O) groups excluding carboxylic acids is 2. The summed E-state index contributed by atoms with van der Waals surface area (Å²) < 4.78 is 46.0. The molecule has 1 aromatic carbocycles. The van der Waals surface area contributed by atoms with Gasteiger partial charge in [-0.2, -0.15) is 18.2 Å². The van der Waals surface area contributed by atoms with Gasteiger partial charge in [0.15, 0.2) is 11.5 Å². The Bertz CT molecular complexity index is 1950. The molecule has 0 saturated carbocycles. The summed E-state index contributed by atoms with van der Waals surface area (Å²) >= 11 is 0. The van der Waals surface area contributed by atoms with Gasteiger partial charge >= 0.3 is 12.1 Å². The van der Waals surface area contributed by atoms with Crippen molar-refractivity contribution in [3.05, 3.63) is 72.8 Å². The number of fused-ring (bicyclic) bond motifs is 2. The highest BCUT2D eigenvalue weighted by atomic mass is 19.4. The Morgan fingerprint density at radius 1 is 0.915 bits per heavy atom. The maximum Gasteiger partial charge on any atom is 0.493 e. The second kappa shape index (κ2) is 12.4. The minimum Gasteiger partial charge on any atom is -0.471 e. The summed E-state index contributed by atoms with van der Waals surface area (Å²) in [7, 11) is 0. The number of hydrogen-bond acceptors (Lipinski definition) is 11. The molecule has 2 aliphatic heterocycles. The van der Waals surface area contributed by atoms with Gasteiger partial charge in [0.25, 0.3) is 5.91 Å². The van der Waals surface area contributed by atoms with E-state index in [-0.39, 0.29) is 26.2 Å². The first-order valence-corrected chi connectivity index (χ1v) is 14.8. The van der Waals surface area contributed by atoms with Crippen LogP contribution in [0.2, 0.25) is 0 Å². The number of pyridine rings is 2. The number of nitrogens with one attached hydrogen (secondary N) is 1. The number of nitrogens with zero attached hydrogens (tertiary/aromatic N) is 8. The van der Waals surface area contributed by atoms with Crippen LogP contribution in [0.1, 0.15) is 5.69 Å². The van der Waals surface area contributed by atoms with Crippen LogP contribution in [0.5, 0.6) is 5.88 Å². The van der Waals surface area contributed by atoms with Crippen molar-refractivity contribution >= 4 is 40.1 Å². The average Bonchev–Trinajstić information content (AvgIpc) is 3.52. The molecule has 0 radical (unpaired) electrons. The summed E-state index contributed by atoms with van der Waals surface area (Å²) in [4.78, 5) is 50.8. The van der Waals surface area contributed by atoms with Gasteiger partial charge in [-0.15, -0.1) is 0 Å². The Balaban J connectivity index is 1.18. The molecule has 47 heavy (non-hydrogen) atoms. The largest absolute Gasteiger partial charge is 0.493 e. The Labute approximate surface area is 265 Å². The van der Waals surface area contributed by atoms with Crippen LogP contribution in [0, 0.1) is 0 Å². The quantitative estimate of drug-likeness (QED) is 0.280. The Morgan fingerprint density at radius 3 is 2.51 bits per heavy atom. The average molecular weight is 648 g/mol. The van der Waals surface area contributed by atoms with Crippen LogP contribution in [0.4, 0.5) is 24.8 Å². The molecule has 242 valence electrons. The predicted octanol–water partition coefficient (Wildman–Crippen LogP) is 3.00. The minimum atomic E-state index is -5.23. The van der Waals surface area contributed by atoms with Crippen LogP contribution < -0.4 is 19.9 Å². The molecule has 2 fully saturated rings. The summed E-state index contributed by atoms with van der Waals surface area (Å²) in [6, 6.07) is 15.3. The number of halogens is 3. The second-order valence-corrected chi connectivity index (χ2v) is 11.0. The van der Waals surface area contributed by atoms with Gasteiger partial charge in [-0.05, 0) is 24.3 Å². The van der Waals surface area contributed by atoms with Crippen molar-refractivity contribution in [1.82, 2.24) is 34.7 Å². The molecule has 6 heterocycles. The molecule has 16 heteroatoms. The van der Waals surface area contributed by atoms with E-state index in [0.717, 1.165) is 48.5 Å². The normalized spacial score (nSPS) is 15.8. The summed E-state index contributed by atoms with van der Waals surface area (Å²) in [6.45, 7) is 2.91. The number of imidazole rings is 1. The fourth-order valence-electron chi connectivity index (χ4n) is 5.50. The van der Waals surface area contributed by atoms with Gasteiger partial charge in [0, 0.05) is 62.1 Å². The fraction of sp³-hybridized carbons (Fsp3) is 0.290. The van der Waals surface area contributed by atoms with Gasteiger partial charge in [0.1, 0.15) is 19.0 Å². The van der Waals surface area contributed by atoms with Crippen LogP contribution >= 0.6 is 0 Å². The second-order valence-electron chi connectivity index (χ2n) is 11.0. The van der Waals surface area contributed by atoms with Crippen LogP contribution in [-0.2, 0) is 21.0 Å². The van der Waals surface area contributed by atoms with Crippen molar-refractivity contribution < 1.29 is 32.3 Å². The van der Waals surface area contributed by atoms with Gasteiger partial charge < -0.3 is 24.7 Å². The lowest BCUT2D eigenvalue weighted by Crippen LogP contribution is -2.52. The number of aromatic nitrogens is 5. The molecular weight excluding hydrogens is 619 g/mol. The van der Waals surface area contributed by atoms with Crippen LogP contribution in [0.15, 0.2) is 67.1 Å². The number of ether oxygens (including phenoxy) is 1. The van der Waals surface area contributed by atoms with Gasteiger partial charge in [0.2, 0.25) is 5.88 Å². The van der Waals surface area contributed by atoms with Crippen LogP contribution in [-0.4, -0.2) is 93.3 Å². The van der Waals surface area contributed by atoms with Crippen molar-refractivity contribution in [3.63, 3.8) is 0 Å². The molecule has 0 atom stereocenters. The number of alkyl halides is 3. The standard InChI is InChI=1S/C31H28F3N9O4/c32-31(33,34)30(45)47-43-14-13-41(18-27(43)44)28-29-38-22(19-46-26-8-6-20-3-1-2-4-23(20)39-26)17-42(29)24(16-37-28)21-5-7-25(36-15-21)40-11-9-35-10-12-40/h1-8,15-17,35H,9-14,18-19H2. The van der Waals surface area contributed by atoms with Crippen molar-refractivity contribution in [2.75, 3.05) is 55.6 Å². The zero-order chi connectivity index (χ0) is 32.5. The van der Waals surface area contributed by atoms with E-state index >= 15 is 0 Å². The SMILES string of the molecule is O=C1CN(c2ncc(-c3ccc(N4CCNCC4)nc3)n3cc(COc4ccc5ccccc5n4)nc23)CCN1OC(=O)C(F)(F)F. The first-order chi connectivity index (χ1) is 22.7. The number of hydrogen-bond donors (Lipinski definition) is 1. The van der Waals surface area contributed by atoms with Crippen molar-refractivity contribution in [1.29, 1.82) is 0 Å². The third kappa shape index (κ3) is 6.31. The Hall–Kier alpha value is -5.51. The van der Waals surface area contributed by atoms with E-state index in [9.17, 15) is 22.8 Å². The molecule has 0 aliphatic carbocycles. The number of amides is 1. The van der Waals surface area contributed by atoms with Gasteiger partial charge in [-0.25, -0.2) is 24.7 Å². The highest BCUT2D eigenvalue weighted by molar-refractivity contribution is 5.86. The van der Waals surface area contributed by atoms with Gasteiger partial charge in [0.05, 0.1) is 29.6 Å². The number of hydroxylamine groups is 2. The third-order valence-electron chi connectivity index (χ3n) is 7.85. The summed E-state index contributed by atoms with van der Waals surface area (Å²) in [5, 5.41) is 4.73. The molecule has 0 unspecified atom stereocenters. The minimum absolute atomic E-state index is 0.0412. The molecule has 2 aliphatic rings. The summed E-state index contributed by atoms with van der Waals surface area (Å²) in [5.74, 6) is -1.68. The Morgan fingerprint density at radius 2 is 1.74 bits per heavy atom. The monoisotopic (exact) mass is 647 g/mol. The van der Waals surface area contributed by atoms with Crippen LogP contribution in [0.25, 0.3) is 27.8 Å². The number of para-hydroxylation sites is 1. The highest BCUT2D eigenvalue weighted by Crippen LogP contribution is 2.29. The van der Waals surface area contributed by atoms with E-state index in [1.54, 1.807) is 29.6 Å². The number of piperazine rings is 2. The number of carbonyl (C=O) groups is 2. The zero-order valence-electron chi connectivity index (χ0n) is 24.9. The molecule has 2 saturated heterocycles. The van der Waals surface area contributed by atoms with Crippen molar-refractivity contribution in [2.45, 2.75) is 12.8 Å². The molecule has 4 aromatic heterocycles. The Kier molecular flexibility index (Phi) is 7.93. The molecule has 13 nitrogen and oxygen atoms in total. The molecule has 0 spiro atoms. The lowest BCUT2D eigenvalue weighted by molar-refractivity contribution is -0.237. The third-order valence-corrected chi connectivity index (χ3v) is 7.85. The lowest BCUT2D eigenvalue weighted by atomic mass is 10.2. The van der Waals surface area contributed by atoms with E-state index in [0.29, 0.717) is 33.8 Å². The van der Waals surface area contributed by atoms with E-state index in [1.807, 2.05) is 46.9 Å². The summed E-state index contributed by atoms with van der Waals surface area (Å²) in [6.07, 6.45) is -0.0402.